The fourth-order valence-electron chi connectivity index (χ4n) is 3.74. The van der Waals surface area contributed by atoms with Crippen molar-refractivity contribution in [2.24, 2.45) is 0 Å². The van der Waals surface area contributed by atoms with Crippen molar-refractivity contribution in [1.29, 1.82) is 0 Å². The summed E-state index contributed by atoms with van der Waals surface area (Å²) in [7, 11) is -3.38. The lowest BCUT2D eigenvalue weighted by atomic mass is 9.94. The molecule has 6 nitrogen and oxygen atoms in total. The Bertz CT molecular complexity index is 1320. The normalized spacial score (nSPS) is 15.1. The number of fused-ring (bicyclic) bond motifs is 1. The summed E-state index contributed by atoms with van der Waals surface area (Å²) in [6.07, 6.45) is 0.334. The van der Waals surface area contributed by atoms with Gasteiger partial charge in [-0.2, -0.15) is 0 Å². The van der Waals surface area contributed by atoms with Crippen LogP contribution in [0.3, 0.4) is 0 Å². The van der Waals surface area contributed by atoms with Gasteiger partial charge in [0.25, 0.3) is 0 Å². The summed E-state index contributed by atoms with van der Waals surface area (Å²) in [5, 5.41) is 0. The van der Waals surface area contributed by atoms with Gasteiger partial charge in [0.05, 0.1) is 11.5 Å². The number of sulfone groups is 1. The van der Waals surface area contributed by atoms with Gasteiger partial charge in [-0.05, 0) is 72.0 Å². The molecule has 0 aliphatic carbocycles. The van der Waals surface area contributed by atoms with Crippen LogP contribution in [0.25, 0.3) is 11.1 Å². The summed E-state index contributed by atoms with van der Waals surface area (Å²) >= 11 is 0. The average Bonchev–Trinajstić information content (AvgIpc) is 2.77. The molecule has 0 amide bonds. The summed E-state index contributed by atoms with van der Waals surface area (Å²) in [5.41, 5.74) is 2.38. The maximum Gasteiger partial charge on any atom is 0.350 e. The molecule has 1 heterocycles. The van der Waals surface area contributed by atoms with E-state index in [9.17, 15) is 22.0 Å². The molecule has 0 radical (unpaired) electrons. The van der Waals surface area contributed by atoms with Gasteiger partial charge in [-0.25, -0.2) is 22.0 Å². The number of benzene rings is 3. The molecule has 0 fully saturated rings. The minimum absolute atomic E-state index is 0.0350. The highest BCUT2D eigenvalue weighted by Gasteiger charge is 2.30. The minimum Gasteiger partial charge on any atom is -0.485 e. The molecule has 0 aromatic heterocycles. The van der Waals surface area contributed by atoms with E-state index in [4.69, 9.17) is 14.2 Å². The summed E-state index contributed by atoms with van der Waals surface area (Å²) in [6.45, 7) is 1.85. The van der Waals surface area contributed by atoms with E-state index in [2.05, 4.69) is 0 Å². The lowest BCUT2D eigenvalue weighted by Gasteiger charge is -2.26. The number of hydrogen-bond donors (Lipinski definition) is 0. The Morgan fingerprint density at radius 1 is 1.03 bits per heavy atom. The monoisotopic (exact) mass is 488 g/mol. The molecule has 1 atom stereocenters. The SMILES string of the molecule is CCOC(=O)C1COc2cc(-c3ccc(S(C)(=O)=O)cc3)c(Cc3cc(F)cc(F)c3)cc2O1. The van der Waals surface area contributed by atoms with E-state index >= 15 is 0 Å². The van der Waals surface area contributed by atoms with Crippen molar-refractivity contribution in [3.8, 4) is 22.6 Å². The van der Waals surface area contributed by atoms with Crippen LogP contribution in [0, 0.1) is 11.6 Å². The molecule has 4 rings (SSSR count). The maximum atomic E-state index is 13.8. The number of halogens is 2. The van der Waals surface area contributed by atoms with Gasteiger partial charge in [-0.3, -0.25) is 0 Å². The standard InChI is InChI=1S/C25H22F2O6S/c1-3-31-25(28)24-14-32-22-13-21(16-4-6-20(7-5-16)34(2,29)30)17(11-23(22)33-24)8-15-9-18(26)12-19(27)10-15/h4-7,9-13,24H,3,8,14H2,1-2H3. The second-order valence-electron chi connectivity index (χ2n) is 7.88. The third-order valence-corrected chi connectivity index (χ3v) is 6.42. The second-order valence-corrected chi connectivity index (χ2v) is 9.89. The molecule has 0 saturated carbocycles. The topological polar surface area (TPSA) is 78.9 Å². The van der Waals surface area contributed by atoms with Gasteiger partial charge in [-0.15, -0.1) is 0 Å². The highest BCUT2D eigenvalue weighted by molar-refractivity contribution is 7.90. The van der Waals surface area contributed by atoms with Gasteiger partial charge in [0.1, 0.15) is 18.2 Å². The number of rotatable bonds is 6. The Balaban J connectivity index is 1.77. The van der Waals surface area contributed by atoms with Gasteiger partial charge in [-0.1, -0.05) is 12.1 Å². The lowest BCUT2D eigenvalue weighted by Crippen LogP contribution is -2.37. The van der Waals surface area contributed by atoms with E-state index in [1.807, 2.05) is 0 Å². The van der Waals surface area contributed by atoms with Gasteiger partial charge in [0.15, 0.2) is 21.3 Å². The summed E-state index contributed by atoms with van der Waals surface area (Å²) < 4.78 is 67.8. The molecule has 1 aliphatic rings. The predicted octanol–water partition coefficient (Wildman–Crippen LogP) is 4.33. The van der Waals surface area contributed by atoms with Crippen LogP contribution in [0.4, 0.5) is 8.78 Å². The fraction of sp³-hybridized carbons (Fsp3) is 0.240. The zero-order valence-electron chi connectivity index (χ0n) is 18.5. The van der Waals surface area contributed by atoms with Crippen LogP contribution in [-0.4, -0.2) is 40.0 Å². The van der Waals surface area contributed by atoms with Gasteiger partial charge in [0, 0.05) is 12.3 Å². The van der Waals surface area contributed by atoms with Gasteiger partial charge >= 0.3 is 5.97 Å². The number of esters is 1. The van der Waals surface area contributed by atoms with Crippen molar-refractivity contribution in [2.75, 3.05) is 19.5 Å². The minimum atomic E-state index is -3.38. The van der Waals surface area contributed by atoms with E-state index < -0.39 is 33.5 Å². The Morgan fingerprint density at radius 3 is 2.32 bits per heavy atom. The third-order valence-electron chi connectivity index (χ3n) is 5.29. The van der Waals surface area contributed by atoms with E-state index in [0.29, 0.717) is 33.8 Å². The molecule has 178 valence electrons. The molecule has 0 saturated heterocycles. The second kappa shape index (κ2) is 9.42. The van der Waals surface area contributed by atoms with Crippen LogP contribution in [0.15, 0.2) is 59.5 Å². The van der Waals surface area contributed by atoms with Crippen LogP contribution in [0.5, 0.6) is 11.5 Å². The first-order chi connectivity index (χ1) is 16.1. The van der Waals surface area contributed by atoms with Crippen molar-refractivity contribution >= 4 is 15.8 Å². The Labute approximate surface area is 196 Å². The molecule has 1 unspecified atom stereocenters. The van der Waals surface area contributed by atoms with Crippen LogP contribution in [0.2, 0.25) is 0 Å². The first-order valence-electron chi connectivity index (χ1n) is 10.5. The zero-order chi connectivity index (χ0) is 24.5. The quantitative estimate of drug-likeness (QED) is 0.481. The first-order valence-corrected chi connectivity index (χ1v) is 12.4. The molecular weight excluding hydrogens is 466 g/mol. The van der Waals surface area contributed by atoms with E-state index in [-0.39, 0.29) is 24.5 Å². The van der Waals surface area contributed by atoms with E-state index in [0.717, 1.165) is 12.3 Å². The molecule has 9 heteroatoms. The highest BCUT2D eigenvalue weighted by Crippen LogP contribution is 2.40. The molecule has 1 aliphatic heterocycles. The Hall–Kier alpha value is -3.46. The third kappa shape index (κ3) is 5.20. The van der Waals surface area contributed by atoms with E-state index in [1.165, 1.54) is 24.3 Å². The summed E-state index contributed by atoms with van der Waals surface area (Å²) in [4.78, 5) is 12.3. The lowest BCUT2D eigenvalue weighted by molar-refractivity contribution is -0.153. The first kappa shape index (κ1) is 23.7. The average molecular weight is 489 g/mol. The molecule has 0 N–H and O–H groups in total. The van der Waals surface area contributed by atoms with Crippen molar-refractivity contribution in [1.82, 2.24) is 0 Å². The highest BCUT2D eigenvalue weighted by atomic mass is 32.2. The van der Waals surface area contributed by atoms with Crippen molar-refractivity contribution < 1.29 is 36.2 Å². The van der Waals surface area contributed by atoms with Crippen LogP contribution < -0.4 is 9.47 Å². The van der Waals surface area contributed by atoms with Gasteiger partial charge in [0.2, 0.25) is 6.10 Å². The number of carbonyl (C=O) groups excluding carboxylic acids is 1. The Kier molecular flexibility index (Phi) is 6.56. The smallest absolute Gasteiger partial charge is 0.350 e. The molecule has 3 aromatic carbocycles. The fourth-order valence-corrected chi connectivity index (χ4v) is 4.37. The van der Waals surface area contributed by atoms with Gasteiger partial charge < -0.3 is 14.2 Å². The Morgan fingerprint density at radius 2 is 1.71 bits per heavy atom. The predicted molar refractivity (Wildman–Crippen MR) is 121 cm³/mol. The number of carbonyl (C=O) groups is 1. The van der Waals surface area contributed by atoms with Crippen molar-refractivity contribution in [3.63, 3.8) is 0 Å². The number of hydrogen-bond acceptors (Lipinski definition) is 6. The summed E-state index contributed by atoms with van der Waals surface area (Å²) in [6, 6.07) is 12.9. The maximum absolute atomic E-state index is 13.8. The van der Waals surface area contributed by atoms with E-state index in [1.54, 1.807) is 31.2 Å². The van der Waals surface area contributed by atoms with Crippen LogP contribution in [-0.2, 0) is 25.8 Å². The van der Waals surface area contributed by atoms with Crippen molar-refractivity contribution in [3.05, 3.63) is 77.4 Å². The van der Waals surface area contributed by atoms with Crippen LogP contribution >= 0.6 is 0 Å². The van der Waals surface area contributed by atoms with Crippen molar-refractivity contribution in [2.45, 2.75) is 24.3 Å². The number of ether oxygens (including phenoxy) is 3. The molecule has 0 bridgehead atoms. The molecule has 0 spiro atoms. The zero-order valence-corrected chi connectivity index (χ0v) is 19.3. The largest absolute Gasteiger partial charge is 0.485 e. The summed E-state index contributed by atoms with van der Waals surface area (Å²) in [5.74, 6) is -1.27. The molecular formula is C25H22F2O6S. The van der Waals surface area contributed by atoms with Crippen LogP contribution in [0.1, 0.15) is 18.1 Å². The molecule has 3 aromatic rings. The molecule has 34 heavy (non-hydrogen) atoms.